The first-order valence-corrected chi connectivity index (χ1v) is 1.89. The van der Waals surface area contributed by atoms with E-state index in [-0.39, 0.29) is 5.34 Å². The van der Waals surface area contributed by atoms with E-state index in [1.807, 2.05) is 0 Å². The van der Waals surface area contributed by atoms with Crippen LogP contribution in [0.25, 0.3) is 0 Å². The van der Waals surface area contributed by atoms with Gasteiger partial charge in [-0.15, -0.1) is 0 Å². The average molecular weight is 169 g/mol. The van der Waals surface area contributed by atoms with E-state index in [1.165, 1.54) is 0 Å². The van der Waals surface area contributed by atoms with Crippen LogP contribution in [0.1, 0.15) is 0 Å². The minimum atomic E-state index is -0.127. The van der Waals surface area contributed by atoms with E-state index in [0.717, 1.165) is 0 Å². The van der Waals surface area contributed by atoms with Crippen molar-refractivity contribution >= 4 is 0 Å². The minimum absolute atomic E-state index is 0.127. The van der Waals surface area contributed by atoms with Gasteiger partial charge in [-0.05, 0) is 30.5 Å². The van der Waals surface area contributed by atoms with Gasteiger partial charge in [0.1, 0.15) is 0 Å². The van der Waals surface area contributed by atoms with Crippen molar-refractivity contribution in [2.24, 2.45) is 15.7 Å². The molecule has 0 aromatic heterocycles. The van der Waals surface area contributed by atoms with Crippen molar-refractivity contribution in [1.29, 1.82) is 5.53 Å². The maximum absolute atomic E-state index is 7.60. The summed E-state index contributed by atoms with van der Waals surface area (Å²) in [6.45, 7) is 0. The molecule has 64 valence electrons. The zero-order valence-electron chi connectivity index (χ0n) is 4.82. The Labute approximate surface area is 58.4 Å². The molecule has 0 fully saturated rings. The molecule has 11 heavy (non-hydrogen) atoms. The lowest BCUT2D eigenvalue weighted by molar-refractivity contribution is -0.703. The van der Waals surface area contributed by atoms with E-state index in [1.54, 1.807) is 0 Å². The molecule has 0 atom stereocenters. The summed E-state index contributed by atoms with van der Waals surface area (Å²) in [5.74, 6) is 0. The van der Waals surface area contributed by atoms with Gasteiger partial charge in [-0.3, -0.25) is 0 Å². The van der Waals surface area contributed by atoms with Crippen LogP contribution in [-0.2, 0) is 20.1 Å². The fourth-order valence-electron chi connectivity index (χ4n) is 0.152. The first kappa shape index (κ1) is 9.76. The molecule has 0 spiro atoms. The van der Waals surface area contributed by atoms with Crippen LogP contribution in [0, 0.1) is 5.53 Å². The quantitative estimate of drug-likeness (QED) is 0.294. The first-order valence-electron chi connectivity index (χ1n) is 1.89. The highest BCUT2D eigenvalue weighted by atomic mass is 17.6. The molecule has 0 aromatic rings. The van der Waals surface area contributed by atoms with Crippen LogP contribution in [0.15, 0.2) is 15.7 Å². The third-order valence-corrected chi connectivity index (χ3v) is 0.352. The van der Waals surface area contributed by atoms with Crippen molar-refractivity contribution in [1.82, 2.24) is 5.34 Å². The van der Waals surface area contributed by atoms with E-state index >= 15 is 0 Å². The largest absolute Gasteiger partial charge is 0.219 e. The number of hydrogen-bond acceptors (Lipinski definition) is 8. The van der Waals surface area contributed by atoms with Crippen molar-refractivity contribution in [3.05, 3.63) is 0 Å². The highest BCUT2D eigenvalue weighted by Gasteiger charge is 2.04. The number of nitrogens with one attached hydrogen (secondary N) is 1. The molecule has 0 aliphatic heterocycles. The minimum Gasteiger partial charge on any atom is -0.219 e. The van der Waals surface area contributed by atoms with Gasteiger partial charge in [-0.25, -0.2) is 10.5 Å². The van der Waals surface area contributed by atoms with Crippen molar-refractivity contribution < 1.29 is 30.6 Å². The lowest BCUT2D eigenvalue weighted by Gasteiger charge is -2.04. The van der Waals surface area contributed by atoms with Gasteiger partial charge in [-0.1, -0.05) is 0 Å². The van der Waals surface area contributed by atoms with Gasteiger partial charge in [0.25, 0.3) is 0 Å². The van der Waals surface area contributed by atoms with Crippen molar-refractivity contribution in [2.45, 2.75) is 0 Å². The van der Waals surface area contributed by atoms with Gasteiger partial charge in [0.15, 0.2) is 0 Å². The molecular formula is H3N5O6. The summed E-state index contributed by atoms with van der Waals surface area (Å²) in [4.78, 5) is 7.12. The van der Waals surface area contributed by atoms with Gasteiger partial charge < -0.3 is 0 Å². The van der Waals surface area contributed by atoms with Crippen LogP contribution < -0.4 is 0 Å². The van der Waals surface area contributed by atoms with Crippen LogP contribution in [0.2, 0.25) is 0 Å². The second-order valence-electron chi connectivity index (χ2n) is 0.815. The first-order chi connectivity index (χ1) is 5.35. The predicted octanol–water partition coefficient (Wildman–Crippen LogP) is 0.274. The number of rotatable bonds is 6. The smallest absolute Gasteiger partial charge is 0.0557 e. The number of hydrogen-bond donors (Lipinski definition) is 3. The molecule has 11 nitrogen and oxygen atoms in total. The highest BCUT2D eigenvalue weighted by Crippen LogP contribution is 1.94. The van der Waals surface area contributed by atoms with Crippen LogP contribution in [-0.4, -0.2) is 15.8 Å². The molecule has 0 bridgehead atoms. The van der Waals surface area contributed by atoms with Gasteiger partial charge in [-0.2, -0.15) is 5.53 Å². The summed E-state index contributed by atoms with van der Waals surface area (Å²) in [6, 6.07) is 0. The summed E-state index contributed by atoms with van der Waals surface area (Å²) in [5.41, 5.74) is 6.08. The Morgan fingerprint density at radius 3 is 2.09 bits per heavy atom. The molecule has 0 aromatic carbocycles. The van der Waals surface area contributed by atoms with Crippen molar-refractivity contribution in [2.75, 3.05) is 0 Å². The van der Waals surface area contributed by atoms with Crippen LogP contribution in [0.5, 0.6) is 0 Å². The molecule has 0 rings (SSSR count). The third kappa shape index (κ3) is 5.22. The maximum atomic E-state index is 7.60. The van der Waals surface area contributed by atoms with Crippen LogP contribution in [0.3, 0.4) is 0 Å². The normalized spacial score (nSPS) is 10.4. The fourth-order valence-corrected chi connectivity index (χ4v) is 0.152. The third-order valence-electron chi connectivity index (χ3n) is 0.352. The summed E-state index contributed by atoms with van der Waals surface area (Å²) in [5, 5.41) is 28.8. The van der Waals surface area contributed by atoms with Gasteiger partial charge in [0, 0.05) is 5.22 Å². The maximum Gasteiger partial charge on any atom is 0.0557 e. The standard InChI is InChI=1S/H3N5O6/c1-2-3-4-5(8-10-6)9-11-7/h1,6-7H/b2-1?,4-3+. The predicted molar refractivity (Wildman–Crippen MR) is 21.4 cm³/mol. The Balaban J connectivity index is 3.67. The SMILES string of the molecule is N=N/N=N/N(OOO)OOO. The van der Waals surface area contributed by atoms with Crippen molar-refractivity contribution in [3.8, 4) is 0 Å². The van der Waals surface area contributed by atoms with Crippen LogP contribution in [0.4, 0.5) is 0 Å². The van der Waals surface area contributed by atoms with Crippen LogP contribution >= 0.6 is 0 Å². The average Bonchev–Trinajstić information content (AvgIpc) is 2.01. The van der Waals surface area contributed by atoms with E-state index in [9.17, 15) is 0 Å². The Bertz CT molecular complexity index is 116. The van der Waals surface area contributed by atoms with E-state index < -0.39 is 0 Å². The summed E-state index contributed by atoms with van der Waals surface area (Å²) >= 11 is 0. The van der Waals surface area contributed by atoms with Gasteiger partial charge in [0.05, 0.1) is 5.34 Å². The second kappa shape index (κ2) is 6.87. The fraction of sp³-hybridized carbons (Fsp3) is 0. The molecule has 0 saturated heterocycles. The lowest BCUT2D eigenvalue weighted by atomic mass is 12.4. The molecule has 0 aliphatic rings. The number of nitrogens with zero attached hydrogens (tertiary/aromatic N) is 4. The van der Waals surface area contributed by atoms with Gasteiger partial charge >= 0.3 is 0 Å². The second-order valence-corrected chi connectivity index (χ2v) is 0.815. The monoisotopic (exact) mass is 169 g/mol. The molecule has 3 N–H and O–H groups in total. The Hall–Kier alpha value is -1.24. The summed E-state index contributed by atoms with van der Waals surface area (Å²) < 4.78 is 0. The van der Waals surface area contributed by atoms with E-state index in [0.29, 0.717) is 0 Å². The molecule has 0 radical (unpaired) electrons. The van der Waals surface area contributed by atoms with E-state index in [4.69, 9.17) is 16.0 Å². The Morgan fingerprint density at radius 1 is 1.18 bits per heavy atom. The molecule has 11 heteroatoms. The zero-order valence-corrected chi connectivity index (χ0v) is 4.82. The lowest BCUT2D eigenvalue weighted by Crippen LogP contribution is -2.17. The summed E-state index contributed by atoms with van der Waals surface area (Å²) in [6.07, 6.45) is 0. The summed E-state index contributed by atoms with van der Waals surface area (Å²) in [7, 11) is 0. The molecule has 0 heterocycles. The van der Waals surface area contributed by atoms with E-state index in [2.05, 4.69) is 35.7 Å². The Kier molecular flexibility index (Phi) is 6.10. The van der Waals surface area contributed by atoms with Gasteiger partial charge in [0.2, 0.25) is 0 Å². The topological polar surface area (TPSA) is 142 Å². The molecule has 0 unspecified atom stereocenters. The molecule has 0 aliphatic carbocycles. The zero-order chi connectivity index (χ0) is 8.53. The molecule has 0 saturated carbocycles. The Morgan fingerprint density at radius 2 is 1.73 bits per heavy atom. The highest BCUT2D eigenvalue weighted by molar-refractivity contribution is 3.93. The molecule has 0 amide bonds. The molecular weight excluding hydrogens is 166 g/mol. The van der Waals surface area contributed by atoms with Crippen molar-refractivity contribution in [3.63, 3.8) is 0 Å².